The van der Waals surface area contributed by atoms with E-state index in [1.165, 1.54) is 6.42 Å². The Hall–Kier alpha value is -0.570. The molecule has 1 aliphatic rings. The van der Waals surface area contributed by atoms with E-state index < -0.39 is 0 Å². The fourth-order valence-corrected chi connectivity index (χ4v) is 1.99. The number of amides is 1. The predicted octanol–water partition coefficient (Wildman–Crippen LogP) is 1.81. The molecule has 1 amide bonds. The first kappa shape index (κ1) is 12.5. The molecule has 0 radical (unpaired) electrons. The smallest absolute Gasteiger partial charge is 0.226 e. The molecule has 15 heavy (non-hydrogen) atoms. The lowest BCUT2D eigenvalue weighted by Crippen LogP contribution is -2.49. The molecule has 0 aliphatic heterocycles. The van der Waals surface area contributed by atoms with Crippen molar-refractivity contribution in [1.82, 2.24) is 5.32 Å². The topological polar surface area (TPSA) is 55.1 Å². The van der Waals surface area contributed by atoms with Gasteiger partial charge in [0.25, 0.3) is 0 Å². The second-order valence-electron chi connectivity index (χ2n) is 4.96. The van der Waals surface area contributed by atoms with Crippen LogP contribution in [0.2, 0.25) is 0 Å². The lowest BCUT2D eigenvalue weighted by Gasteiger charge is -2.37. The Kier molecular flexibility index (Phi) is 4.58. The summed E-state index contributed by atoms with van der Waals surface area (Å²) in [5, 5.41) is 3.08. The molecule has 3 N–H and O–H groups in total. The van der Waals surface area contributed by atoms with Crippen LogP contribution in [-0.2, 0) is 4.79 Å². The molecule has 0 saturated heterocycles. The molecule has 3 nitrogen and oxygen atoms in total. The number of hydrogen-bond acceptors (Lipinski definition) is 2. The normalized spacial score (nSPS) is 20.5. The molecule has 1 saturated carbocycles. The van der Waals surface area contributed by atoms with E-state index in [1.54, 1.807) is 0 Å². The van der Waals surface area contributed by atoms with E-state index in [2.05, 4.69) is 19.2 Å². The molecule has 0 aromatic rings. The summed E-state index contributed by atoms with van der Waals surface area (Å²) in [5.41, 5.74) is 5.55. The van der Waals surface area contributed by atoms with Crippen LogP contribution in [0.4, 0.5) is 0 Å². The number of nitrogens with one attached hydrogen (secondary N) is 1. The van der Waals surface area contributed by atoms with E-state index in [9.17, 15) is 4.79 Å². The molecule has 88 valence electrons. The number of carbonyl (C=O) groups excluding carboxylic acids is 1. The zero-order valence-corrected chi connectivity index (χ0v) is 10.0. The number of rotatable bonds is 6. The van der Waals surface area contributed by atoms with Gasteiger partial charge in [0, 0.05) is 18.0 Å². The SMILES string of the molecule is CCCCC(CN)NC(=O)C1(C)CCC1. The average Bonchev–Trinajstić information content (AvgIpc) is 2.20. The van der Waals surface area contributed by atoms with Crippen molar-refractivity contribution in [3.8, 4) is 0 Å². The van der Waals surface area contributed by atoms with Crippen LogP contribution < -0.4 is 11.1 Å². The minimum absolute atomic E-state index is 0.0976. The third kappa shape index (κ3) is 3.20. The summed E-state index contributed by atoms with van der Waals surface area (Å²) in [6.07, 6.45) is 6.55. The van der Waals surface area contributed by atoms with Crippen molar-refractivity contribution >= 4 is 5.91 Å². The predicted molar refractivity (Wildman–Crippen MR) is 62.5 cm³/mol. The summed E-state index contributed by atoms with van der Waals surface area (Å²) < 4.78 is 0. The van der Waals surface area contributed by atoms with Crippen LogP contribution in [0, 0.1) is 5.41 Å². The van der Waals surface area contributed by atoms with E-state index in [0.717, 1.165) is 32.1 Å². The van der Waals surface area contributed by atoms with E-state index in [-0.39, 0.29) is 17.4 Å². The number of carbonyl (C=O) groups is 1. The van der Waals surface area contributed by atoms with Crippen LogP contribution >= 0.6 is 0 Å². The van der Waals surface area contributed by atoms with Crippen LogP contribution in [0.15, 0.2) is 0 Å². The molecule has 0 bridgehead atoms. The standard InChI is InChI=1S/C12H24N2O/c1-3-4-6-10(9-13)14-11(15)12(2)7-5-8-12/h10H,3-9,13H2,1-2H3,(H,14,15). The van der Waals surface area contributed by atoms with Gasteiger partial charge in [0.1, 0.15) is 0 Å². The fourth-order valence-electron chi connectivity index (χ4n) is 1.99. The first-order chi connectivity index (χ1) is 7.12. The minimum atomic E-state index is -0.0976. The molecule has 1 rings (SSSR count). The van der Waals surface area contributed by atoms with Gasteiger partial charge in [-0.2, -0.15) is 0 Å². The monoisotopic (exact) mass is 212 g/mol. The van der Waals surface area contributed by atoms with Crippen molar-refractivity contribution < 1.29 is 4.79 Å². The molecule has 1 unspecified atom stereocenters. The lowest BCUT2D eigenvalue weighted by atomic mass is 9.69. The summed E-state index contributed by atoms with van der Waals surface area (Å²) >= 11 is 0. The van der Waals surface area contributed by atoms with Crippen molar-refractivity contribution in [1.29, 1.82) is 0 Å². The Morgan fingerprint density at radius 2 is 2.20 bits per heavy atom. The van der Waals surface area contributed by atoms with Gasteiger partial charge in [-0.05, 0) is 19.3 Å². The van der Waals surface area contributed by atoms with Gasteiger partial charge in [0.2, 0.25) is 5.91 Å². The highest BCUT2D eigenvalue weighted by Crippen LogP contribution is 2.40. The van der Waals surface area contributed by atoms with Crippen molar-refractivity contribution in [2.24, 2.45) is 11.1 Å². The quantitative estimate of drug-likeness (QED) is 0.705. The first-order valence-corrected chi connectivity index (χ1v) is 6.13. The maximum Gasteiger partial charge on any atom is 0.226 e. The van der Waals surface area contributed by atoms with Gasteiger partial charge in [-0.15, -0.1) is 0 Å². The highest BCUT2D eigenvalue weighted by atomic mass is 16.2. The molecule has 0 aromatic carbocycles. The van der Waals surface area contributed by atoms with Crippen LogP contribution in [0.1, 0.15) is 52.4 Å². The zero-order chi connectivity index (χ0) is 11.3. The van der Waals surface area contributed by atoms with Gasteiger partial charge in [0.05, 0.1) is 0 Å². The minimum Gasteiger partial charge on any atom is -0.352 e. The van der Waals surface area contributed by atoms with E-state index >= 15 is 0 Å². The summed E-state index contributed by atoms with van der Waals surface area (Å²) in [5.74, 6) is 0.209. The van der Waals surface area contributed by atoms with E-state index in [1.807, 2.05) is 0 Å². The van der Waals surface area contributed by atoms with Crippen molar-refractivity contribution in [2.45, 2.75) is 58.4 Å². The molecule has 0 spiro atoms. The Labute approximate surface area is 92.8 Å². The molecule has 3 heteroatoms. The van der Waals surface area contributed by atoms with Crippen LogP contribution in [0.25, 0.3) is 0 Å². The Bertz CT molecular complexity index is 212. The van der Waals surface area contributed by atoms with Crippen molar-refractivity contribution in [3.05, 3.63) is 0 Å². The molecule has 1 atom stereocenters. The third-order valence-corrected chi connectivity index (χ3v) is 3.53. The Balaban J connectivity index is 2.34. The van der Waals surface area contributed by atoms with Gasteiger partial charge < -0.3 is 11.1 Å². The van der Waals surface area contributed by atoms with E-state index in [0.29, 0.717) is 6.54 Å². The number of unbranched alkanes of at least 4 members (excludes halogenated alkanes) is 1. The van der Waals surface area contributed by atoms with Gasteiger partial charge in [-0.25, -0.2) is 0 Å². The highest BCUT2D eigenvalue weighted by Gasteiger charge is 2.39. The first-order valence-electron chi connectivity index (χ1n) is 6.13. The number of hydrogen-bond donors (Lipinski definition) is 2. The summed E-state index contributed by atoms with van der Waals surface area (Å²) in [6.45, 7) is 4.77. The van der Waals surface area contributed by atoms with Gasteiger partial charge >= 0.3 is 0 Å². The maximum absolute atomic E-state index is 11.9. The third-order valence-electron chi connectivity index (χ3n) is 3.53. The molecule has 1 aliphatic carbocycles. The fraction of sp³-hybridized carbons (Fsp3) is 0.917. The summed E-state index contributed by atoms with van der Waals surface area (Å²) in [7, 11) is 0. The van der Waals surface area contributed by atoms with Gasteiger partial charge in [-0.1, -0.05) is 33.1 Å². The maximum atomic E-state index is 11.9. The van der Waals surface area contributed by atoms with Gasteiger partial charge in [0.15, 0.2) is 0 Å². The van der Waals surface area contributed by atoms with E-state index in [4.69, 9.17) is 5.73 Å². The van der Waals surface area contributed by atoms with Crippen LogP contribution in [0.3, 0.4) is 0 Å². The summed E-state index contributed by atoms with van der Waals surface area (Å²) in [6, 6.07) is 0.176. The van der Waals surface area contributed by atoms with Crippen molar-refractivity contribution in [2.75, 3.05) is 6.54 Å². The number of nitrogens with two attached hydrogens (primary N) is 1. The largest absolute Gasteiger partial charge is 0.352 e. The molecular weight excluding hydrogens is 188 g/mol. The Morgan fingerprint density at radius 3 is 2.60 bits per heavy atom. The molecule has 0 aromatic heterocycles. The second-order valence-corrected chi connectivity index (χ2v) is 4.96. The van der Waals surface area contributed by atoms with Crippen LogP contribution in [0.5, 0.6) is 0 Å². The average molecular weight is 212 g/mol. The molecule has 1 fully saturated rings. The van der Waals surface area contributed by atoms with Gasteiger partial charge in [-0.3, -0.25) is 4.79 Å². The highest BCUT2D eigenvalue weighted by molar-refractivity contribution is 5.83. The lowest BCUT2D eigenvalue weighted by molar-refractivity contribution is -0.135. The zero-order valence-electron chi connectivity index (χ0n) is 10.0. The molecular formula is C12H24N2O. The second kappa shape index (κ2) is 5.50. The molecule has 0 heterocycles. The van der Waals surface area contributed by atoms with Crippen LogP contribution in [-0.4, -0.2) is 18.5 Å². The Morgan fingerprint density at radius 1 is 1.53 bits per heavy atom. The summed E-state index contributed by atoms with van der Waals surface area (Å²) in [4.78, 5) is 11.9. The van der Waals surface area contributed by atoms with Crippen molar-refractivity contribution in [3.63, 3.8) is 0 Å².